The molecule has 5 aromatic rings. The number of nitrogens with zero attached hydrogens (tertiary/aromatic N) is 3. The lowest BCUT2D eigenvalue weighted by atomic mass is 10.1. The highest BCUT2D eigenvalue weighted by atomic mass is 32.1. The molecule has 1 aliphatic rings. The third-order valence-corrected chi connectivity index (χ3v) is 7.08. The van der Waals surface area contributed by atoms with E-state index in [1.54, 1.807) is 24.4 Å². The summed E-state index contributed by atoms with van der Waals surface area (Å²) in [4.78, 5) is 37.8. The Balaban J connectivity index is 1.29. The molecule has 5 nitrogen and oxygen atoms in total. The summed E-state index contributed by atoms with van der Waals surface area (Å²) in [5.74, 6) is -0.579. The van der Waals surface area contributed by atoms with E-state index in [1.165, 1.54) is 17.5 Å². The van der Waals surface area contributed by atoms with E-state index in [9.17, 15) is 9.59 Å². The van der Waals surface area contributed by atoms with Crippen LogP contribution in [0.3, 0.4) is 0 Å². The van der Waals surface area contributed by atoms with Crippen molar-refractivity contribution in [3.8, 4) is 10.4 Å². The Bertz CT molecular complexity index is 1530. The molecular weight excluding hydrogens is 466 g/mol. The number of ketones is 2. The molecule has 2 aromatic carbocycles. The number of para-hydroxylation sites is 1. The van der Waals surface area contributed by atoms with Crippen molar-refractivity contribution in [1.82, 2.24) is 9.97 Å². The molecule has 0 aliphatic heterocycles. The fraction of sp³-hybridized carbons (Fsp3) is 0. The standard InChI is InChI=1S/C30H19N3O2S/c34-29-25-9-5-17-32-28(25)30(35)26(29)18-24-14-15-27(36-24)20-10-12-22(13-11-20)33(21-6-2-1-3-7-21)23-8-4-16-31-19-23/h1-19H/b26-18-. The Morgan fingerprint density at radius 1 is 0.694 bits per heavy atom. The normalized spacial score (nSPS) is 13.7. The summed E-state index contributed by atoms with van der Waals surface area (Å²) in [5.41, 5.74) is 4.87. The van der Waals surface area contributed by atoms with Gasteiger partial charge in [0.2, 0.25) is 5.78 Å². The Kier molecular flexibility index (Phi) is 5.56. The Morgan fingerprint density at radius 3 is 2.19 bits per heavy atom. The van der Waals surface area contributed by atoms with Crippen LogP contribution >= 0.6 is 11.3 Å². The maximum absolute atomic E-state index is 12.7. The molecule has 6 heteroatoms. The number of anilines is 3. The van der Waals surface area contributed by atoms with Crippen LogP contribution in [-0.4, -0.2) is 21.5 Å². The van der Waals surface area contributed by atoms with E-state index < -0.39 is 0 Å². The van der Waals surface area contributed by atoms with Crippen molar-refractivity contribution < 1.29 is 9.59 Å². The van der Waals surface area contributed by atoms with Crippen LogP contribution < -0.4 is 4.90 Å². The molecule has 1 aliphatic carbocycles. The van der Waals surface area contributed by atoms with Crippen molar-refractivity contribution in [2.75, 3.05) is 4.90 Å². The number of rotatable bonds is 5. The fourth-order valence-electron chi connectivity index (χ4n) is 4.29. The number of pyridine rings is 2. The highest BCUT2D eigenvalue weighted by molar-refractivity contribution is 7.16. The second-order valence-electron chi connectivity index (χ2n) is 8.25. The molecule has 6 rings (SSSR count). The van der Waals surface area contributed by atoms with Crippen LogP contribution in [0.1, 0.15) is 25.7 Å². The monoisotopic (exact) mass is 485 g/mol. The zero-order valence-corrected chi connectivity index (χ0v) is 19.9. The molecular formula is C30H19N3O2S. The zero-order chi connectivity index (χ0) is 24.5. The van der Waals surface area contributed by atoms with Gasteiger partial charge in [-0.3, -0.25) is 19.6 Å². The largest absolute Gasteiger partial charge is 0.309 e. The van der Waals surface area contributed by atoms with E-state index in [4.69, 9.17) is 0 Å². The molecule has 0 bridgehead atoms. The van der Waals surface area contributed by atoms with Gasteiger partial charge in [-0.2, -0.15) is 0 Å². The molecule has 0 radical (unpaired) electrons. The van der Waals surface area contributed by atoms with Crippen molar-refractivity contribution in [1.29, 1.82) is 0 Å². The number of hydrogen-bond acceptors (Lipinski definition) is 6. The SMILES string of the molecule is O=C1/C(=C/c2ccc(-c3ccc(N(c4ccccc4)c4cccnc4)cc3)s2)C(=O)c2ncccc21. The molecule has 3 aromatic heterocycles. The first-order valence-corrected chi connectivity index (χ1v) is 12.2. The van der Waals surface area contributed by atoms with Crippen LogP contribution in [0, 0.1) is 0 Å². The number of fused-ring (bicyclic) bond motifs is 1. The van der Waals surface area contributed by atoms with Crippen LogP contribution in [0.2, 0.25) is 0 Å². The van der Waals surface area contributed by atoms with E-state index in [1.807, 2.05) is 48.7 Å². The lowest BCUT2D eigenvalue weighted by Gasteiger charge is -2.25. The number of carbonyl (C=O) groups is 2. The van der Waals surface area contributed by atoms with Crippen LogP contribution in [0.15, 0.2) is 115 Å². The lowest BCUT2D eigenvalue weighted by molar-refractivity contribution is 0.0989. The maximum atomic E-state index is 12.7. The molecule has 0 fully saturated rings. The van der Waals surface area contributed by atoms with Crippen molar-refractivity contribution >= 4 is 46.0 Å². The lowest BCUT2D eigenvalue weighted by Crippen LogP contribution is -2.09. The molecule has 0 saturated carbocycles. The Morgan fingerprint density at radius 2 is 1.44 bits per heavy atom. The predicted molar refractivity (Wildman–Crippen MR) is 143 cm³/mol. The minimum Gasteiger partial charge on any atom is -0.309 e. The molecule has 0 amide bonds. The van der Waals surface area contributed by atoms with Gasteiger partial charge in [0, 0.05) is 33.5 Å². The van der Waals surface area contributed by atoms with Crippen LogP contribution in [0.5, 0.6) is 0 Å². The number of carbonyl (C=O) groups excluding carboxylic acids is 2. The van der Waals surface area contributed by atoms with Gasteiger partial charge in [-0.1, -0.05) is 30.3 Å². The Hall–Kier alpha value is -4.68. The number of thiophene rings is 1. The average Bonchev–Trinajstić information content (AvgIpc) is 3.50. The quantitative estimate of drug-likeness (QED) is 0.196. The minimum atomic E-state index is -0.314. The van der Waals surface area contributed by atoms with Crippen molar-refractivity contribution in [2.24, 2.45) is 0 Å². The highest BCUT2D eigenvalue weighted by Crippen LogP contribution is 2.37. The predicted octanol–water partition coefficient (Wildman–Crippen LogP) is 7.14. The van der Waals surface area contributed by atoms with Gasteiger partial charge in [-0.25, -0.2) is 0 Å². The van der Waals surface area contributed by atoms with Crippen molar-refractivity contribution in [2.45, 2.75) is 0 Å². The number of aromatic nitrogens is 2. The number of benzene rings is 2. The van der Waals surface area contributed by atoms with Crippen molar-refractivity contribution in [3.63, 3.8) is 0 Å². The fourth-order valence-corrected chi connectivity index (χ4v) is 5.25. The van der Waals surface area contributed by atoms with Crippen molar-refractivity contribution in [3.05, 3.63) is 131 Å². The number of hydrogen-bond donors (Lipinski definition) is 0. The average molecular weight is 486 g/mol. The first-order valence-electron chi connectivity index (χ1n) is 11.4. The topological polar surface area (TPSA) is 63.2 Å². The number of Topliss-reactive ketones (excluding diaryl/α,β-unsaturated/α-hetero) is 2. The molecule has 36 heavy (non-hydrogen) atoms. The molecule has 0 unspecified atom stereocenters. The zero-order valence-electron chi connectivity index (χ0n) is 19.0. The van der Waals surface area contributed by atoms with Gasteiger partial charge >= 0.3 is 0 Å². The van der Waals surface area contributed by atoms with Gasteiger partial charge in [0.05, 0.1) is 23.0 Å². The molecule has 172 valence electrons. The summed E-state index contributed by atoms with van der Waals surface area (Å²) in [5, 5.41) is 0. The highest BCUT2D eigenvalue weighted by Gasteiger charge is 2.34. The summed E-state index contributed by atoms with van der Waals surface area (Å²) in [6, 6.07) is 29.7. The van der Waals surface area contributed by atoms with Crippen LogP contribution in [0.4, 0.5) is 17.1 Å². The van der Waals surface area contributed by atoms with E-state index in [0.717, 1.165) is 32.4 Å². The third-order valence-electron chi connectivity index (χ3n) is 6.00. The molecule has 0 atom stereocenters. The number of allylic oxidation sites excluding steroid dienone is 1. The maximum Gasteiger partial charge on any atom is 0.216 e. The van der Waals surface area contributed by atoms with Gasteiger partial charge in [0.1, 0.15) is 5.69 Å². The summed E-state index contributed by atoms with van der Waals surface area (Å²) < 4.78 is 0. The van der Waals surface area contributed by atoms with E-state index in [0.29, 0.717) is 5.56 Å². The minimum absolute atomic E-state index is 0.169. The first-order chi connectivity index (χ1) is 17.7. The van der Waals surface area contributed by atoms with E-state index in [2.05, 4.69) is 51.3 Å². The van der Waals surface area contributed by atoms with Crippen LogP contribution in [-0.2, 0) is 0 Å². The summed E-state index contributed by atoms with van der Waals surface area (Å²) in [6.45, 7) is 0. The van der Waals surface area contributed by atoms with Gasteiger partial charge in [0.15, 0.2) is 5.78 Å². The first kappa shape index (κ1) is 21.8. The molecule has 0 saturated heterocycles. The van der Waals surface area contributed by atoms with Gasteiger partial charge in [0.25, 0.3) is 0 Å². The summed E-state index contributed by atoms with van der Waals surface area (Å²) in [7, 11) is 0. The van der Waals surface area contributed by atoms with Crippen LogP contribution in [0.25, 0.3) is 16.5 Å². The smallest absolute Gasteiger partial charge is 0.216 e. The molecule has 3 heterocycles. The second-order valence-corrected chi connectivity index (χ2v) is 9.36. The summed E-state index contributed by atoms with van der Waals surface area (Å²) >= 11 is 1.54. The summed E-state index contributed by atoms with van der Waals surface area (Å²) in [6.07, 6.45) is 6.82. The van der Waals surface area contributed by atoms with E-state index >= 15 is 0 Å². The van der Waals surface area contributed by atoms with Gasteiger partial charge < -0.3 is 4.90 Å². The van der Waals surface area contributed by atoms with E-state index in [-0.39, 0.29) is 22.8 Å². The third kappa shape index (κ3) is 3.93. The molecule has 0 N–H and O–H groups in total. The molecule has 0 spiro atoms. The Labute approximate surface area is 212 Å². The second kappa shape index (κ2) is 9.17. The van der Waals surface area contributed by atoms with Gasteiger partial charge in [-0.15, -0.1) is 11.3 Å². The van der Waals surface area contributed by atoms with Gasteiger partial charge in [-0.05, 0) is 72.3 Å².